The highest BCUT2D eigenvalue weighted by molar-refractivity contribution is 7.89. The second kappa shape index (κ2) is 9.88. The molecule has 10 heteroatoms. The minimum absolute atomic E-state index is 0.0501. The zero-order valence-corrected chi connectivity index (χ0v) is 18.4. The number of carbonyl (C=O) groups excluding carboxylic acids is 2. The lowest BCUT2D eigenvalue weighted by Gasteiger charge is -2.33. The average Bonchev–Trinajstić information content (AvgIpc) is 2.75. The molecule has 0 spiro atoms. The van der Waals surface area contributed by atoms with E-state index >= 15 is 0 Å². The van der Waals surface area contributed by atoms with Gasteiger partial charge in [0.2, 0.25) is 15.9 Å². The molecule has 2 N–H and O–H groups in total. The molecule has 9 nitrogen and oxygen atoms in total. The summed E-state index contributed by atoms with van der Waals surface area (Å²) < 4.78 is 26.7. The predicted octanol–water partition coefficient (Wildman–Crippen LogP) is 1.69. The summed E-state index contributed by atoms with van der Waals surface area (Å²) in [5, 5.41) is 5.66. The van der Waals surface area contributed by atoms with Gasteiger partial charge in [-0.3, -0.25) is 9.78 Å². The van der Waals surface area contributed by atoms with Gasteiger partial charge < -0.3 is 15.5 Å². The molecule has 0 unspecified atom stereocenters. The van der Waals surface area contributed by atoms with Crippen molar-refractivity contribution < 1.29 is 18.0 Å². The Balaban J connectivity index is 1.51. The summed E-state index contributed by atoms with van der Waals surface area (Å²) in [4.78, 5) is 30.0. The molecule has 0 atom stereocenters. The smallest absolute Gasteiger partial charge is 0.321 e. The van der Waals surface area contributed by atoms with Crippen molar-refractivity contribution in [3.05, 3.63) is 54.4 Å². The van der Waals surface area contributed by atoms with E-state index in [9.17, 15) is 18.0 Å². The number of aromatic nitrogens is 1. The summed E-state index contributed by atoms with van der Waals surface area (Å²) >= 11 is 0. The van der Waals surface area contributed by atoms with Crippen LogP contribution in [0.5, 0.6) is 0 Å². The van der Waals surface area contributed by atoms with Gasteiger partial charge in [-0.1, -0.05) is 12.1 Å². The van der Waals surface area contributed by atoms with Crippen molar-refractivity contribution in [3.8, 4) is 0 Å². The number of nitrogens with one attached hydrogen (secondary N) is 2. The van der Waals surface area contributed by atoms with Gasteiger partial charge in [-0.05, 0) is 43.7 Å². The van der Waals surface area contributed by atoms with E-state index in [-0.39, 0.29) is 42.4 Å². The van der Waals surface area contributed by atoms with Gasteiger partial charge in [-0.15, -0.1) is 0 Å². The summed E-state index contributed by atoms with van der Waals surface area (Å²) in [6.07, 6.45) is 3.12. The summed E-state index contributed by atoms with van der Waals surface area (Å²) in [6.45, 7) is 4.83. The number of hydrogen-bond donors (Lipinski definition) is 2. The normalized spacial score (nSPS) is 15.0. The van der Waals surface area contributed by atoms with E-state index in [1.54, 1.807) is 35.2 Å². The van der Waals surface area contributed by atoms with E-state index in [1.807, 2.05) is 13.8 Å². The number of rotatable bonds is 6. The molecule has 2 heterocycles. The van der Waals surface area contributed by atoms with Gasteiger partial charge in [0.15, 0.2) is 0 Å². The summed E-state index contributed by atoms with van der Waals surface area (Å²) in [5.41, 5.74) is 1.47. The molecule has 1 aliphatic rings. The lowest BCUT2D eigenvalue weighted by molar-refractivity contribution is -0.120. The Kier molecular flexibility index (Phi) is 7.24. The lowest BCUT2D eigenvalue weighted by Crippen LogP contribution is -2.51. The number of piperazine rings is 1. The standard InChI is InChI=1S/C21H27N5O4S/c1-16(2)23-20(27)14-17-5-7-18(8-6-17)24-21(28)25-10-12-26(13-11-25)31(29,30)19-4-3-9-22-15-19/h3-9,15-16H,10-14H2,1-2H3,(H,23,27)(H,24,28). The van der Waals surface area contributed by atoms with Crippen LogP contribution in [0.15, 0.2) is 53.7 Å². The van der Waals surface area contributed by atoms with Gasteiger partial charge in [-0.2, -0.15) is 4.31 Å². The first-order chi connectivity index (χ1) is 14.8. The molecule has 1 fully saturated rings. The van der Waals surface area contributed by atoms with Gasteiger partial charge in [-0.25, -0.2) is 13.2 Å². The maximum absolute atomic E-state index is 12.7. The maximum Gasteiger partial charge on any atom is 0.321 e. The van der Waals surface area contributed by atoms with E-state index in [4.69, 9.17) is 0 Å². The third-order valence-electron chi connectivity index (χ3n) is 4.82. The molecule has 1 saturated heterocycles. The van der Waals surface area contributed by atoms with Crippen molar-refractivity contribution >= 4 is 27.6 Å². The van der Waals surface area contributed by atoms with Crippen LogP contribution in [0.1, 0.15) is 19.4 Å². The molecule has 3 amide bonds. The molecule has 31 heavy (non-hydrogen) atoms. The van der Waals surface area contributed by atoms with Crippen molar-refractivity contribution in [1.29, 1.82) is 0 Å². The number of carbonyl (C=O) groups is 2. The van der Waals surface area contributed by atoms with Crippen molar-refractivity contribution in [2.24, 2.45) is 0 Å². The quantitative estimate of drug-likeness (QED) is 0.703. The number of nitrogens with zero attached hydrogens (tertiary/aromatic N) is 3. The average molecular weight is 446 g/mol. The Hall–Kier alpha value is -2.98. The van der Waals surface area contributed by atoms with Crippen molar-refractivity contribution in [2.45, 2.75) is 31.2 Å². The van der Waals surface area contributed by atoms with Crippen LogP contribution in [0.25, 0.3) is 0 Å². The van der Waals surface area contributed by atoms with Crippen LogP contribution in [0, 0.1) is 0 Å². The molecule has 2 aromatic rings. The third-order valence-corrected chi connectivity index (χ3v) is 6.70. The second-order valence-electron chi connectivity index (χ2n) is 7.61. The Morgan fingerprint density at radius 2 is 1.74 bits per heavy atom. The van der Waals surface area contributed by atoms with Gasteiger partial charge in [0.1, 0.15) is 4.90 Å². The van der Waals surface area contributed by atoms with Crippen molar-refractivity contribution in [1.82, 2.24) is 19.5 Å². The number of amides is 3. The number of anilines is 1. The Labute approximate surface area is 182 Å². The maximum atomic E-state index is 12.7. The SMILES string of the molecule is CC(C)NC(=O)Cc1ccc(NC(=O)N2CCN(S(=O)(=O)c3cccnc3)CC2)cc1. The number of sulfonamides is 1. The zero-order valence-electron chi connectivity index (χ0n) is 17.6. The highest BCUT2D eigenvalue weighted by atomic mass is 32.2. The Bertz CT molecular complexity index is 1000. The summed E-state index contributed by atoms with van der Waals surface area (Å²) in [6, 6.07) is 9.99. The van der Waals surface area contributed by atoms with Crippen LogP contribution < -0.4 is 10.6 Å². The van der Waals surface area contributed by atoms with Gasteiger partial charge >= 0.3 is 6.03 Å². The zero-order chi connectivity index (χ0) is 22.4. The molecule has 0 bridgehead atoms. The molecule has 0 aliphatic carbocycles. The number of pyridine rings is 1. The fraction of sp³-hybridized carbons (Fsp3) is 0.381. The predicted molar refractivity (Wildman–Crippen MR) is 117 cm³/mol. The van der Waals surface area contributed by atoms with Crippen LogP contribution >= 0.6 is 0 Å². The van der Waals surface area contributed by atoms with E-state index in [0.29, 0.717) is 18.8 Å². The highest BCUT2D eigenvalue weighted by Crippen LogP contribution is 2.17. The molecule has 3 rings (SSSR count). The highest BCUT2D eigenvalue weighted by Gasteiger charge is 2.30. The number of urea groups is 1. The minimum atomic E-state index is -3.61. The molecular formula is C21H27N5O4S. The van der Waals surface area contributed by atoms with Crippen molar-refractivity contribution in [2.75, 3.05) is 31.5 Å². The van der Waals surface area contributed by atoms with Gasteiger partial charge in [0.25, 0.3) is 0 Å². The molecule has 1 aromatic heterocycles. The Morgan fingerprint density at radius 1 is 1.06 bits per heavy atom. The van der Waals surface area contributed by atoms with Crippen LogP contribution in [0.3, 0.4) is 0 Å². The molecular weight excluding hydrogens is 418 g/mol. The topological polar surface area (TPSA) is 112 Å². The van der Waals surface area contributed by atoms with Gasteiger partial charge in [0, 0.05) is 50.3 Å². The number of hydrogen-bond acceptors (Lipinski definition) is 5. The first-order valence-electron chi connectivity index (χ1n) is 10.1. The molecule has 0 radical (unpaired) electrons. The van der Waals surface area contributed by atoms with E-state index in [1.165, 1.54) is 22.8 Å². The molecule has 1 aliphatic heterocycles. The number of benzene rings is 1. The van der Waals surface area contributed by atoms with Crippen molar-refractivity contribution in [3.63, 3.8) is 0 Å². The molecule has 166 valence electrons. The van der Waals surface area contributed by atoms with Crippen LogP contribution in [0.4, 0.5) is 10.5 Å². The van der Waals surface area contributed by atoms with Crippen LogP contribution in [0.2, 0.25) is 0 Å². The van der Waals surface area contributed by atoms with Gasteiger partial charge in [0.05, 0.1) is 6.42 Å². The van der Waals surface area contributed by atoms with E-state index < -0.39 is 10.0 Å². The monoisotopic (exact) mass is 445 g/mol. The van der Waals surface area contributed by atoms with Crippen LogP contribution in [-0.2, 0) is 21.2 Å². The first kappa shape index (κ1) is 22.7. The minimum Gasteiger partial charge on any atom is -0.354 e. The third kappa shape index (κ3) is 6.02. The van der Waals surface area contributed by atoms with E-state index in [0.717, 1.165) is 5.56 Å². The largest absolute Gasteiger partial charge is 0.354 e. The second-order valence-corrected chi connectivity index (χ2v) is 9.54. The first-order valence-corrected chi connectivity index (χ1v) is 11.5. The Morgan fingerprint density at radius 3 is 2.32 bits per heavy atom. The molecule has 0 saturated carbocycles. The fourth-order valence-corrected chi connectivity index (χ4v) is 4.63. The fourth-order valence-electron chi connectivity index (χ4n) is 3.25. The molecule has 1 aromatic carbocycles. The summed E-state index contributed by atoms with van der Waals surface area (Å²) in [5.74, 6) is -0.0501. The lowest BCUT2D eigenvalue weighted by atomic mass is 10.1. The van der Waals surface area contributed by atoms with Crippen LogP contribution in [-0.4, -0.2) is 66.8 Å². The van der Waals surface area contributed by atoms with E-state index in [2.05, 4.69) is 15.6 Å². The summed E-state index contributed by atoms with van der Waals surface area (Å²) in [7, 11) is -3.61.